The van der Waals surface area contributed by atoms with Crippen LogP contribution in [0.25, 0.3) is 0 Å². The second-order valence-electron chi connectivity index (χ2n) is 4.61. The Morgan fingerprint density at radius 3 is 2.71 bits per heavy atom. The van der Waals surface area contributed by atoms with Crippen LogP contribution in [0.1, 0.15) is 10.6 Å². The van der Waals surface area contributed by atoms with E-state index in [1.54, 1.807) is 24.1 Å². The van der Waals surface area contributed by atoms with Gasteiger partial charge in [-0.15, -0.1) is 18.2 Å². The number of thiophene rings is 1. The Kier molecular flexibility index (Phi) is 5.42. The molecular weight excluding hydrogens is 334 g/mol. The van der Waals surface area contributed by atoms with Crippen molar-refractivity contribution < 1.29 is 19.3 Å². The van der Waals surface area contributed by atoms with Crippen LogP contribution in [-0.2, 0) is 0 Å². The van der Waals surface area contributed by atoms with Gasteiger partial charge in [-0.25, -0.2) is 4.99 Å². The van der Waals surface area contributed by atoms with Crippen LogP contribution < -0.4 is 14.9 Å². The molecule has 0 amide bonds. The summed E-state index contributed by atoms with van der Waals surface area (Å²) in [7, 11) is 0. The zero-order valence-corrected chi connectivity index (χ0v) is 13.7. The Morgan fingerprint density at radius 2 is 2.17 bits per heavy atom. The van der Waals surface area contributed by atoms with Crippen LogP contribution in [0.15, 0.2) is 47.0 Å². The Labute approximate surface area is 141 Å². The van der Waals surface area contributed by atoms with E-state index in [2.05, 4.69) is 23.4 Å². The van der Waals surface area contributed by atoms with Crippen molar-refractivity contribution in [3.05, 3.63) is 58.1 Å². The molecular formula is C14H15N5O4S. The molecule has 126 valence electrons. The monoisotopic (exact) mass is 349 g/mol. The number of nitrogens with zero attached hydrogens (tertiary/aromatic N) is 5. The van der Waals surface area contributed by atoms with Crippen LogP contribution in [0.4, 0.5) is 10.9 Å². The Balaban J connectivity index is 2.30. The fourth-order valence-electron chi connectivity index (χ4n) is 1.87. The molecule has 2 rings (SSSR count). The lowest BCUT2D eigenvalue weighted by molar-refractivity contribution is -0.761. The Bertz CT molecular complexity index is 785. The number of rotatable bonds is 8. The van der Waals surface area contributed by atoms with Gasteiger partial charge in [0.2, 0.25) is 5.27 Å². The highest BCUT2D eigenvalue weighted by Gasteiger charge is 2.25. The molecule has 0 aliphatic heterocycles. The van der Waals surface area contributed by atoms with Crippen LogP contribution in [-0.4, -0.2) is 29.2 Å². The topological polar surface area (TPSA) is 112 Å². The highest BCUT2D eigenvalue weighted by Crippen LogP contribution is 2.24. The second-order valence-corrected chi connectivity index (χ2v) is 5.68. The highest BCUT2D eigenvalue weighted by atomic mass is 32.1. The van der Waals surface area contributed by atoms with Gasteiger partial charge in [-0.2, -0.15) is 0 Å². The van der Waals surface area contributed by atoms with Crippen LogP contribution in [0.5, 0.6) is 0 Å². The van der Waals surface area contributed by atoms with Gasteiger partial charge < -0.3 is 5.11 Å². The van der Waals surface area contributed by atoms with Crippen molar-refractivity contribution in [1.82, 2.24) is 5.27 Å². The van der Waals surface area contributed by atoms with Gasteiger partial charge in [-0.1, -0.05) is 23.5 Å². The first-order valence-electron chi connectivity index (χ1n) is 6.83. The molecule has 2 aromatic rings. The van der Waals surface area contributed by atoms with Gasteiger partial charge >= 0.3 is 16.6 Å². The molecule has 0 spiro atoms. The van der Waals surface area contributed by atoms with Gasteiger partial charge in [0.05, 0.1) is 22.8 Å². The third kappa shape index (κ3) is 3.66. The fourth-order valence-corrected chi connectivity index (χ4v) is 2.58. The maximum atomic E-state index is 12.1. The first-order chi connectivity index (χ1) is 11.5. The van der Waals surface area contributed by atoms with Crippen molar-refractivity contribution in [2.75, 3.05) is 18.1 Å². The lowest BCUT2D eigenvalue weighted by Crippen LogP contribution is -2.60. The summed E-state index contributed by atoms with van der Waals surface area (Å²) in [5, 5.41) is 28.3. The Morgan fingerprint density at radius 1 is 1.50 bits per heavy atom. The second kappa shape index (κ2) is 7.51. The number of hydrogen-bond donors (Lipinski definition) is 0. The highest BCUT2D eigenvalue weighted by molar-refractivity contribution is 7.17. The van der Waals surface area contributed by atoms with E-state index in [0.29, 0.717) is 18.8 Å². The predicted octanol–water partition coefficient (Wildman–Crippen LogP) is 0.989. The van der Waals surface area contributed by atoms with E-state index in [9.17, 15) is 15.2 Å². The van der Waals surface area contributed by atoms with Crippen molar-refractivity contribution in [1.29, 1.82) is 0 Å². The molecule has 0 saturated carbocycles. The summed E-state index contributed by atoms with van der Waals surface area (Å²) < 4.78 is 5.10. The molecule has 0 bridgehead atoms. The molecule has 2 heterocycles. The maximum absolute atomic E-state index is 12.1. The van der Waals surface area contributed by atoms with Crippen molar-refractivity contribution in [3.63, 3.8) is 0 Å². The molecule has 0 aliphatic rings. The molecule has 0 radical (unpaired) electrons. The summed E-state index contributed by atoms with van der Waals surface area (Å²) >= 11 is 0.755. The number of hydrogen-bond acceptors (Lipinski definition) is 8. The molecule has 9 nitrogen and oxygen atoms in total. The van der Waals surface area contributed by atoms with E-state index in [-0.39, 0.29) is 15.8 Å². The van der Waals surface area contributed by atoms with Crippen molar-refractivity contribution in [3.8, 4) is 0 Å². The Hall–Kier alpha value is -3.01. The summed E-state index contributed by atoms with van der Waals surface area (Å²) in [6, 6.07) is 2.62. The SMILES string of the molecule is C=CCN(CC=C)[n+]1noc(/N=C(\[O-])c2ccc([N+](=O)[O-])s2)c1C. The van der Waals surface area contributed by atoms with E-state index in [1.807, 2.05) is 0 Å². The lowest BCUT2D eigenvalue weighted by atomic mass is 10.4. The summed E-state index contributed by atoms with van der Waals surface area (Å²) in [6.07, 6.45) is 3.38. The van der Waals surface area contributed by atoms with E-state index < -0.39 is 10.8 Å². The summed E-state index contributed by atoms with van der Waals surface area (Å²) in [6.45, 7) is 10.0. The van der Waals surface area contributed by atoms with E-state index >= 15 is 0 Å². The molecule has 24 heavy (non-hydrogen) atoms. The zero-order chi connectivity index (χ0) is 17.7. The maximum Gasteiger partial charge on any atom is 0.327 e. The average Bonchev–Trinajstić information content (AvgIpc) is 3.15. The fraction of sp³-hybridized carbons (Fsp3) is 0.214. The summed E-state index contributed by atoms with van der Waals surface area (Å²) in [4.78, 5) is 15.6. The minimum Gasteiger partial charge on any atom is -0.858 e. The van der Waals surface area contributed by atoms with E-state index in [1.165, 1.54) is 16.9 Å². The molecule has 0 atom stereocenters. The summed E-state index contributed by atoms with van der Waals surface area (Å²) in [5.41, 5.74) is 0.512. The van der Waals surface area contributed by atoms with Gasteiger partial charge in [0.25, 0.3) is 0 Å². The molecule has 0 aliphatic carbocycles. The van der Waals surface area contributed by atoms with Gasteiger partial charge in [-0.05, 0) is 6.07 Å². The predicted molar refractivity (Wildman–Crippen MR) is 87.0 cm³/mol. The van der Waals surface area contributed by atoms with Crippen molar-refractivity contribution in [2.24, 2.45) is 4.99 Å². The van der Waals surface area contributed by atoms with E-state index in [0.717, 1.165) is 11.3 Å². The third-order valence-electron chi connectivity index (χ3n) is 2.95. The quantitative estimate of drug-likeness (QED) is 0.175. The van der Waals surface area contributed by atoms with Crippen LogP contribution in [0, 0.1) is 17.0 Å². The minimum absolute atomic E-state index is 0.0363. The standard InChI is InChI=1S/C14H15N5O4S/c1-4-8-17(9-5-2)18-10(3)14(23-16-18)15-13(20)11-6-7-12(24-11)19(21)22/h4-7H,1-2,8-9H2,3H3. The molecule has 10 heteroatoms. The molecule has 0 unspecified atom stereocenters. The number of aromatic nitrogens is 2. The normalized spacial score (nSPS) is 11.3. The van der Waals surface area contributed by atoms with Gasteiger partial charge in [-0.3, -0.25) is 14.6 Å². The van der Waals surface area contributed by atoms with Gasteiger partial charge in [0, 0.05) is 23.8 Å². The third-order valence-corrected chi connectivity index (χ3v) is 3.97. The number of nitro groups is 1. The largest absolute Gasteiger partial charge is 0.858 e. The lowest BCUT2D eigenvalue weighted by Gasteiger charge is -2.09. The smallest absolute Gasteiger partial charge is 0.327 e. The molecule has 0 fully saturated rings. The molecule has 0 saturated heterocycles. The van der Waals surface area contributed by atoms with Crippen LogP contribution in [0.2, 0.25) is 0 Å². The first kappa shape index (κ1) is 17.3. The molecule has 0 aromatic carbocycles. The van der Waals surface area contributed by atoms with Gasteiger partial charge in [0.1, 0.15) is 0 Å². The number of aliphatic imine (C=N–C) groups is 1. The van der Waals surface area contributed by atoms with Crippen molar-refractivity contribution in [2.45, 2.75) is 6.92 Å². The molecule has 0 N–H and O–H groups in total. The van der Waals surface area contributed by atoms with Crippen LogP contribution in [0.3, 0.4) is 0 Å². The van der Waals surface area contributed by atoms with Crippen molar-refractivity contribution >= 4 is 28.1 Å². The molecule has 2 aromatic heterocycles. The average molecular weight is 349 g/mol. The van der Waals surface area contributed by atoms with Crippen LogP contribution >= 0.6 is 11.3 Å². The van der Waals surface area contributed by atoms with E-state index in [4.69, 9.17) is 4.52 Å². The first-order valence-corrected chi connectivity index (χ1v) is 7.65. The zero-order valence-electron chi connectivity index (χ0n) is 12.9. The van der Waals surface area contributed by atoms with Gasteiger partial charge in [0.15, 0.2) is 0 Å². The minimum atomic E-state index is -0.626. The summed E-state index contributed by atoms with van der Waals surface area (Å²) in [5.74, 6) is -0.590.